The summed E-state index contributed by atoms with van der Waals surface area (Å²) in [6.07, 6.45) is 0. The third kappa shape index (κ3) is 5.32. The predicted octanol–water partition coefficient (Wildman–Crippen LogP) is 3.86. The van der Waals surface area contributed by atoms with E-state index in [2.05, 4.69) is 20.8 Å². The van der Waals surface area contributed by atoms with E-state index in [1.54, 1.807) is 12.1 Å². The van der Waals surface area contributed by atoms with Crippen molar-refractivity contribution < 1.29 is 13.6 Å². The topological polar surface area (TPSA) is 80.0 Å². The number of amides is 1. The monoisotopic (exact) mass is 372 g/mol. The van der Waals surface area contributed by atoms with Gasteiger partial charge in [0.05, 0.1) is 12.3 Å². The minimum Gasteiger partial charge on any atom is -0.414 e. The summed E-state index contributed by atoms with van der Waals surface area (Å²) in [6.45, 7) is 2.28. The molecule has 0 spiro atoms. The average molecular weight is 372 g/mol. The van der Waals surface area contributed by atoms with Crippen molar-refractivity contribution in [3.63, 3.8) is 0 Å². The average Bonchev–Trinajstić information content (AvgIpc) is 3.07. The molecule has 0 atom stereocenters. The summed E-state index contributed by atoms with van der Waals surface area (Å²) in [5, 5.41) is 14.0. The standard InChI is InChI=1S/C18H17FN4O2S/c1-12-3-2-4-15(9-12)21-16(24)11-26-18-23-22-17(25-18)10-20-14-7-5-13(19)6-8-14/h2-9,20H,10-11H2,1H3,(H,21,24). The largest absolute Gasteiger partial charge is 0.414 e. The molecule has 134 valence electrons. The summed E-state index contributed by atoms with van der Waals surface area (Å²) >= 11 is 1.17. The van der Waals surface area contributed by atoms with Crippen LogP contribution in [0.1, 0.15) is 11.5 Å². The number of hydrogen-bond acceptors (Lipinski definition) is 6. The third-order valence-corrected chi connectivity index (χ3v) is 4.18. The Kier molecular flexibility index (Phi) is 5.85. The zero-order chi connectivity index (χ0) is 18.4. The van der Waals surface area contributed by atoms with Crippen LogP contribution in [0.2, 0.25) is 0 Å². The number of thioether (sulfide) groups is 1. The third-order valence-electron chi connectivity index (χ3n) is 3.36. The van der Waals surface area contributed by atoms with Gasteiger partial charge in [-0.15, -0.1) is 10.2 Å². The minimum absolute atomic E-state index is 0.148. The van der Waals surface area contributed by atoms with Gasteiger partial charge in [0.1, 0.15) is 5.82 Å². The van der Waals surface area contributed by atoms with Crippen LogP contribution in [0.3, 0.4) is 0 Å². The Morgan fingerprint density at radius 2 is 1.96 bits per heavy atom. The second-order valence-electron chi connectivity index (χ2n) is 5.53. The van der Waals surface area contributed by atoms with E-state index in [4.69, 9.17) is 4.42 Å². The molecule has 0 bridgehead atoms. The van der Waals surface area contributed by atoms with Crippen LogP contribution in [-0.2, 0) is 11.3 Å². The molecule has 1 amide bonds. The molecule has 0 saturated carbocycles. The molecule has 0 unspecified atom stereocenters. The highest BCUT2D eigenvalue weighted by atomic mass is 32.2. The van der Waals surface area contributed by atoms with Gasteiger partial charge in [0.2, 0.25) is 11.8 Å². The van der Waals surface area contributed by atoms with Crippen LogP contribution in [0.15, 0.2) is 58.2 Å². The van der Waals surface area contributed by atoms with Crippen molar-refractivity contribution in [1.29, 1.82) is 0 Å². The maximum atomic E-state index is 12.9. The molecule has 8 heteroatoms. The van der Waals surface area contributed by atoms with Crippen molar-refractivity contribution >= 4 is 29.0 Å². The van der Waals surface area contributed by atoms with Gasteiger partial charge in [-0.05, 0) is 48.9 Å². The summed E-state index contributed by atoms with van der Waals surface area (Å²) in [6, 6.07) is 13.6. The quantitative estimate of drug-likeness (QED) is 0.613. The summed E-state index contributed by atoms with van der Waals surface area (Å²) in [4.78, 5) is 12.0. The lowest BCUT2D eigenvalue weighted by Crippen LogP contribution is -2.13. The van der Waals surface area contributed by atoms with Gasteiger partial charge in [-0.3, -0.25) is 4.79 Å². The number of nitrogens with one attached hydrogen (secondary N) is 2. The lowest BCUT2D eigenvalue weighted by molar-refractivity contribution is -0.113. The Balaban J connectivity index is 1.45. The fourth-order valence-electron chi connectivity index (χ4n) is 2.16. The van der Waals surface area contributed by atoms with E-state index in [0.717, 1.165) is 16.9 Å². The summed E-state index contributed by atoms with van der Waals surface area (Å²) < 4.78 is 18.3. The molecule has 0 radical (unpaired) electrons. The first-order valence-electron chi connectivity index (χ1n) is 7.89. The van der Waals surface area contributed by atoms with Crippen molar-refractivity contribution in [1.82, 2.24) is 10.2 Å². The van der Waals surface area contributed by atoms with Crippen LogP contribution in [0.25, 0.3) is 0 Å². The van der Waals surface area contributed by atoms with Gasteiger partial charge in [-0.25, -0.2) is 4.39 Å². The first-order chi connectivity index (χ1) is 12.6. The van der Waals surface area contributed by atoms with E-state index in [0.29, 0.717) is 17.7 Å². The Labute approximate surface area is 154 Å². The molecule has 0 aliphatic carbocycles. The number of rotatable bonds is 7. The van der Waals surface area contributed by atoms with Crippen LogP contribution in [0.5, 0.6) is 0 Å². The molecule has 3 rings (SSSR count). The SMILES string of the molecule is Cc1cccc(NC(=O)CSc2nnc(CNc3ccc(F)cc3)o2)c1. The van der Waals surface area contributed by atoms with Gasteiger partial charge in [-0.1, -0.05) is 23.9 Å². The van der Waals surface area contributed by atoms with E-state index in [1.165, 1.54) is 23.9 Å². The number of halogens is 1. The fraction of sp³-hybridized carbons (Fsp3) is 0.167. The first kappa shape index (κ1) is 17.9. The van der Waals surface area contributed by atoms with Crippen molar-refractivity contribution in [3.8, 4) is 0 Å². The number of nitrogens with zero attached hydrogens (tertiary/aromatic N) is 2. The van der Waals surface area contributed by atoms with E-state index in [1.807, 2.05) is 31.2 Å². The molecule has 1 heterocycles. The molecule has 3 aromatic rings. The molecule has 0 saturated heterocycles. The zero-order valence-electron chi connectivity index (χ0n) is 14.0. The molecule has 6 nitrogen and oxygen atoms in total. The van der Waals surface area contributed by atoms with Crippen LogP contribution < -0.4 is 10.6 Å². The normalized spacial score (nSPS) is 10.5. The lowest BCUT2D eigenvalue weighted by atomic mass is 10.2. The zero-order valence-corrected chi connectivity index (χ0v) is 14.8. The molecule has 0 fully saturated rings. The van der Waals surface area contributed by atoms with Crippen LogP contribution in [-0.4, -0.2) is 21.9 Å². The summed E-state index contributed by atoms with van der Waals surface area (Å²) in [5.41, 5.74) is 2.58. The number of aryl methyl sites for hydroxylation is 1. The van der Waals surface area contributed by atoms with Gasteiger partial charge >= 0.3 is 0 Å². The Bertz CT molecular complexity index is 883. The number of benzene rings is 2. The first-order valence-corrected chi connectivity index (χ1v) is 8.88. The smallest absolute Gasteiger partial charge is 0.277 e. The van der Waals surface area contributed by atoms with Gasteiger partial charge in [0, 0.05) is 11.4 Å². The number of hydrogen-bond donors (Lipinski definition) is 2. The Hall–Kier alpha value is -2.87. The number of anilines is 2. The maximum Gasteiger partial charge on any atom is 0.277 e. The molecule has 0 aliphatic heterocycles. The van der Waals surface area contributed by atoms with Gasteiger partial charge < -0.3 is 15.1 Å². The summed E-state index contributed by atoms with van der Waals surface area (Å²) in [7, 11) is 0. The Morgan fingerprint density at radius 3 is 2.73 bits per heavy atom. The number of carbonyl (C=O) groups is 1. The van der Waals surface area contributed by atoms with Gasteiger partial charge in [-0.2, -0.15) is 0 Å². The lowest BCUT2D eigenvalue weighted by Gasteiger charge is -2.04. The number of aromatic nitrogens is 2. The highest BCUT2D eigenvalue weighted by molar-refractivity contribution is 7.99. The van der Waals surface area contributed by atoms with Crippen LogP contribution in [0, 0.1) is 12.7 Å². The van der Waals surface area contributed by atoms with E-state index >= 15 is 0 Å². The molecule has 26 heavy (non-hydrogen) atoms. The van der Waals surface area contributed by atoms with Crippen molar-refractivity contribution in [2.45, 2.75) is 18.7 Å². The highest BCUT2D eigenvalue weighted by Gasteiger charge is 2.10. The van der Waals surface area contributed by atoms with Gasteiger partial charge in [0.25, 0.3) is 5.22 Å². The van der Waals surface area contributed by atoms with Crippen molar-refractivity contribution in [2.24, 2.45) is 0 Å². The van der Waals surface area contributed by atoms with Crippen LogP contribution >= 0.6 is 11.8 Å². The van der Waals surface area contributed by atoms with Crippen molar-refractivity contribution in [2.75, 3.05) is 16.4 Å². The second kappa shape index (κ2) is 8.48. The molecule has 0 aliphatic rings. The minimum atomic E-state index is -0.295. The van der Waals surface area contributed by atoms with E-state index < -0.39 is 0 Å². The number of carbonyl (C=O) groups excluding carboxylic acids is 1. The molecule has 2 aromatic carbocycles. The maximum absolute atomic E-state index is 12.9. The second-order valence-corrected chi connectivity index (χ2v) is 6.46. The fourth-order valence-corrected chi connectivity index (χ4v) is 2.74. The summed E-state index contributed by atoms with van der Waals surface area (Å²) in [5.74, 6) is 0.109. The molecular weight excluding hydrogens is 355 g/mol. The van der Waals surface area contributed by atoms with E-state index in [-0.39, 0.29) is 17.5 Å². The van der Waals surface area contributed by atoms with Crippen molar-refractivity contribution in [3.05, 3.63) is 65.8 Å². The Morgan fingerprint density at radius 1 is 1.15 bits per heavy atom. The van der Waals surface area contributed by atoms with Gasteiger partial charge in [0.15, 0.2) is 0 Å². The predicted molar refractivity (Wildman–Crippen MR) is 98.6 cm³/mol. The molecular formula is C18H17FN4O2S. The van der Waals surface area contributed by atoms with Crippen LogP contribution in [0.4, 0.5) is 15.8 Å². The van der Waals surface area contributed by atoms with E-state index in [9.17, 15) is 9.18 Å². The molecule has 1 aromatic heterocycles. The highest BCUT2D eigenvalue weighted by Crippen LogP contribution is 2.18. The molecule has 2 N–H and O–H groups in total.